The fourth-order valence-electron chi connectivity index (χ4n) is 4.77. The van der Waals surface area contributed by atoms with E-state index in [0.717, 1.165) is 21.8 Å². The van der Waals surface area contributed by atoms with Crippen molar-refractivity contribution in [2.45, 2.75) is 24.8 Å². The van der Waals surface area contributed by atoms with Crippen molar-refractivity contribution in [2.75, 3.05) is 5.32 Å². The summed E-state index contributed by atoms with van der Waals surface area (Å²) in [6.07, 6.45) is 0.810. The fraction of sp³-hybridized carbons (Fsp3) is 0.148. The molecule has 2 heterocycles. The van der Waals surface area contributed by atoms with Gasteiger partial charge in [-0.3, -0.25) is 4.79 Å². The van der Waals surface area contributed by atoms with Crippen molar-refractivity contribution in [1.29, 1.82) is 0 Å². The highest BCUT2D eigenvalue weighted by Crippen LogP contribution is 2.42. The minimum Gasteiger partial charge on any atom is -0.329 e. The van der Waals surface area contributed by atoms with Crippen LogP contribution in [0.3, 0.4) is 0 Å². The number of carbonyl (C=O) groups is 1. The summed E-state index contributed by atoms with van der Waals surface area (Å²) in [6.45, 7) is 0. The summed E-state index contributed by atoms with van der Waals surface area (Å²) in [4.78, 5) is 22.7. The molecule has 0 fully saturated rings. The van der Waals surface area contributed by atoms with Crippen LogP contribution in [0.1, 0.15) is 35.9 Å². The largest absolute Gasteiger partial charge is 0.329 e. The van der Waals surface area contributed by atoms with Crippen LogP contribution < -0.4 is 10.6 Å². The zero-order valence-electron chi connectivity index (χ0n) is 18.8. The van der Waals surface area contributed by atoms with Gasteiger partial charge in [-0.1, -0.05) is 47.2 Å². The van der Waals surface area contributed by atoms with Gasteiger partial charge >= 0.3 is 0 Å². The molecule has 2 atom stereocenters. The maximum atomic E-state index is 14.1. The highest BCUT2D eigenvalue weighted by molar-refractivity contribution is 7.22. The van der Waals surface area contributed by atoms with Crippen LogP contribution in [0.5, 0.6) is 0 Å². The number of halogens is 3. The van der Waals surface area contributed by atoms with Gasteiger partial charge < -0.3 is 10.6 Å². The van der Waals surface area contributed by atoms with Gasteiger partial charge in [0.05, 0.1) is 10.2 Å². The number of benzene rings is 3. The first kappa shape index (κ1) is 22.8. The summed E-state index contributed by atoms with van der Waals surface area (Å²) in [5.74, 6) is -1.24. The van der Waals surface area contributed by atoms with Gasteiger partial charge in [0.15, 0.2) is 10.9 Å². The quantitative estimate of drug-likeness (QED) is 0.314. The minimum atomic E-state index is -0.845. The predicted molar refractivity (Wildman–Crippen MR) is 138 cm³/mol. The molecule has 0 amide bonds. The lowest BCUT2D eigenvalue weighted by atomic mass is 9.78. The number of hydrogen-bond acceptors (Lipinski definition) is 6. The number of guanidine groups is 1. The summed E-state index contributed by atoms with van der Waals surface area (Å²) >= 11 is 7.51. The van der Waals surface area contributed by atoms with Gasteiger partial charge in [0.25, 0.3) is 0 Å². The van der Waals surface area contributed by atoms with Crippen molar-refractivity contribution in [3.63, 3.8) is 0 Å². The molecule has 6 rings (SSSR count). The zero-order chi connectivity index (χ0) is 24.8. The summed E-state index contributed by atoms with van der Waals surface area (Å²) in [5, 5.41) is 7.72. The van der Waals surface area contributed by atoms with Crippen LogP contribution in [0.4, 0.5) is 13.9 Å². The van der Waals surface area contributed by atoms with Crippen molar-refractivity contribution in [1.82, 2.24) is 10.3 Å². The van der Waals surface area contributed by atoms with Gasteiger partial charge in [-0.15, -0.1) is 0 Å². The second-order valence-electron chi connectivity index (χ2n) is 8.79. The molecule has 0 bridgehead atoms. The summed E-state index contributed by atoms with van der Waals surface area (Å²) < 4.78 is 29.3. The topological polar surface area (TPSA) is 66.4 Å². The molecule has 3 aromatic carbocycles. The molecule has 9 heteroatoms. The molecule has 1 aromatic heterocycles. The number of carbonyl (C=O) groups excluding carboxylic acids is 1. The van der Waals surface area contributed by atoms with Gasteiger partial charge in [-0.25, -0.2) is 18.8 Å². The molecule has 5 nitrogen and oxygen atoms in total. The molecule has 180 valence electrons. The Morgan fingerprint density at radius 1 is 0.972 bits per heavy atom. The molecule has 0 radical (unpaired) electrons. The van der Waals surface area contributed by atoms with Crippen LogP contribution in [0.15, 0.2) is 83.0 Å². The van der Waals surface area contributed by atoms with Gasteiger partial charge in [-0.2, -0.15) is 0 Å². The van der Waals surface area contributed by atoms with Crippen molar-refractivity contribution in [3.8, 4) is 0 Å². The number of nitrogens with zero attached hydrogens (tertiary/aromatic N) is 2. The molecular weight excluding hydrogens is 502 g/mol. The molecule has 2 unspecified atom stereocenters. The molecule has 2 N–H and O–H groups in total. The molecule has 0 spiro atoms. The van der Waals surface area contributed by atoms with E-state index in [1.54, 1.807) is 12.1 Å². The van der Waals surface area contributed by atoms with Crippen molar-refractivity contribution in [3.05, 3.63) is 106 Å². The standard InChI is InChI=1S/C27H19ClF2N4OS/c28-17-7-5-14(6-8-17)15-11-21-24(22(35)12-15)25(16-9-18(29)13-19(30)10-16)33-26(31-21)34-27-32-20-3-1-2-4-23(20)36-27/h1-10,13,15,25H,11-12H2,(H2,31,32,33,34). The normalized spacial score (nSPS) is 19.6. The molecule has 1 aliphatic heterocycles. The van der Waals surface area contributed by atoms with Gasteiger partial charge in [0, 0.05) is 28.8 Å². The SMILES string of the molecule is O=C1CC(c2ccc(Cl)cc2)CC2=C1C(c1cc(F)cc(F)c1)N=C(Nc1nc3ccccc3s1)N2. The van der Waals surface area contributed by atoms with Crippen LogP contribution in [-0.2, 0) is 4.79 Å². The molecule has 0 saturated heterocycles. The Hall–Kier alpha value is -3.62. The Labute approximate surface area is 214 Å². The van der Waals surface area contributed by atoms with Crippen molar-refractivity contribution >= 4 is 50.0 Å². The third-order valence-corrected chi connectivity index (χ3v) is 7.57. The Kier molecular flexibility index (Phi) is 5.78. The average Bonchev–Trinajstić information content (AvgIpc) is 3.25. The van der Waals surface area contributed by atoms with E-state index >= 15 is 0 Å². The molecule has 1 aliphatic carbocycles. The van der Waals surface area contributed by atoms with E-state index in [0.29, 0.717) is 33.8 Å². The lowest BCUT2D eigenvalue weighted by Gasteiger charge is -2.34. The number of Topliss-reactive ketones (excluding diaryl/α,β-unsaturated/α-hetero) is 1. The molecule has 4 aromatic rings. The molecule has 36 heavy (non-hydrogen) atoms. The second-order valence-corrected chi connectivity index (χ2v) is 10.3. The third kappa shape index (κ3) is 4.38. The number of rotatable bonds is 3. The number of aliphatic imine (C=N–C) groups is 1. The number of ketones is 1. The van der Waals surface area contributed by atoms with E-state index in [9.17, 15) is 13.6 Å². The van der Waals surface area contributed by atoms with Crippen molar-refractivity contribution < 1.29 is 13.6 Å². The van der Waals surface area contributed by atoms with Gasteiger partial charge in [-0.05, 0) is 59.9 Å². The van der Waals surface area contributed by atoms with Crippen LogP contribution in [0.25, 0.3) is 10.2 Å². The highest BCUT2D eigenvalue weighted by Gasteiger charge is 2.37. The van der Waals surface area contributed by atoms with Crippen LogP contribution in [0.2, 0.25) is 5.02 Å². The lowest BCUT2D eigenvalue weighted by Crippen LogP contribution is -2.39. The Morgan fingerprint density at radius 2 is 1.72 bits per heavy atom. The number of anilines is 1. The fourth-order valence-corrected chi connectivity index (χ4v) is 5.76. The first-order valence-corrected chi connectivity index (χ1v) is 12.6. The summed E-state index contributed by atoms with van der Waals surface area (Å²) in [5.41, 5.74) is 3.24. The average molecular weight is 521 g/mol. The van der Waals surface area contributed by atoms with Crippen molar-refractivity contribution in [2.24, 2.45) is 4.99 Å². The Morgan fingerprint density at radius 3 is 2.47 bits per heavy atom. The maximum Gasteiger partial charge on any atom is 0.202 e. The minimum absolute atomic E-state index is 0.0623. The highest BCUT2D eigenvalue weighted by atomic mass is 35.5. The monoisotopic (exact) mass is 520 g/mol. The van der Waals surface area contributed by atoms with Crippen LogP contribution in [-0.4, -0.2) is 16.7 Å². The van der Waals surface area contributed by atoms with E-state index in [1.165, 1.54) is 23.5 Å². The molecular formula is C27H19ClF2N4OS. The van der Waals surface area contributed by atoms with Gasteiger partial charge in [0.1, 0.15) is 17.7 Å². The smallest absolute Gasteiger partial charge is 0.202 e. The summed E-state index contributed by atoms with van der Waals surface area (Å²) in [6, 6.07) is 17.6. The number of thiazole rings is 1. The summed E-state index contributed by atoms with van der Waals surface area (Å²) in [7, 11) is 0. The number of hydrogen-bond donors (Lipinski definition) is 2. The number of allylic oxidation sites excluding steroid dienone is 1. The maximum absolute atomic E-state index is 14.1. The van der Waals surface area contributed by atoms with E-state index in [4.69, 9.17) is 11.6 Å². The molecule has 0 saturated carbocycles. The zero-order valence-corrected chi connectivity index (χ0v) is 20.3. The first-order chi connectivity index (χ1) is 17.4. The number of nitrogens with one attached hydrogen (secondary N) is 2. The van der Waals surface area contributed by atoms with E-state index in [2.05, 4.69) is 20.6 Å². The Balaban J connectivity index is 1.39. The van der Waals surface area contributed by atoms with E-state index < -0.39 is 17.7 Å². The first-order valence-electron chi connectivity index (χ1n) is 11.4. The van der Waals surface area contributed by atoms with E-state index in [-0.39, 0.29) is 23.7 Å². The predicted octanol–water partition coefficient (Wildman–Crippen LogP) is 6.74. The molecule has 2 aliphatic rings. The van der Waals surface area contributed by atoms with Crippen LogP contribution >= 0.6 is 22.9 Å². The number of fused-ring (bicyclic) bond motifs is 1. The third-order valence-electron chi connectivity index (χ3n) is 6.37. The number of aromatic nitrogens is 1. The lowest BCUT2D eigenvalue weighted by molar-refractivity contribution is -0.116. The Bertz CT molecular complexity index is 1510. The number of para-hydroxylation sites is 1. The van der Waals surface area contributed by atoms with Crippen LogP contribution in [0, 0.1) is 11.6 Å². The van der Waals surface area contributed by atoms with Gasteiger partial charge in [0.2, 0.25) is 5.96 Å². The second kappa shape index (κ2) is 9.11. The van der Waals surface area contributed by atoms with E-state index in [1.807, 2.05) is 36.4 Å².